The van der Waals surface area contributed by atoms with Gasteiger partial charge in [-0.3, -0.25) is 0 Å². The number of hydrogen-bond donors (Lipinski definition) is 1. The van der Waals surface area contributed by atoms with Crippen molar-refractivity contribution in [3.05, 3.63) is 40.6 Å². The summed E-state index contributed by atoms with van der Waals surface area (Å²) in [4.78, 5) is 8.39. The van der Waals surface area contributed by atoms with Gasteiger partial charge in [-0.25, -0.2) is 9.97 Å². The van der Waals surface area contributed by atoms with Crippen molar-refractivity contribution in [2.45, 2.75) is 13.3 Å². The topological polar surface area (TPSA) is 37.8 Å². The zero-order chi connectivity index (χ0) is 13.0. The van der Waals surface area contributed by atoms with Gasteiger partial charge in [0.05, 0.1) is 10.7 Å². The van der Waals surface area contributed by atoms with Crippen LogP contribution in [0.5, 0.6) is 0 Å². The van der Waals surface area contributed by atoms with E-state index in [2.05, 4.69) is 22.2 Å². The molecule has 1 aromatic carbocycles. The van der Waals surface area contributed by atoms with Gasteiger partial charge in [0.25, 0.3) is 0 Å². The molecule has 5 heteroatoms. The van der Waals surface area contributed by atoms with Gasteiger partial charge in [0.15, 0.2) is 0 Å². The highest BCUT2D eigenvalue weighted by molar-refractivity contribution is 6.36. The highest BCUT2D eigenvalue weighted by atomic mass is 35.5. The molecule has 0 unspecified atom stereocenters. The monoisotopic (exact) mass is 281 g/mol. The molecule has 0 aliphatic carbocycles. The van der Waals surface area contributed by atoms with E-state index < -0.39 is 0 Å². The molecule has 0 aliphatic heterocycles. The quantitative estimate of drug-likeness (QED) is 0.909. The largest absolute Gasteiger partial charge is 0.370 e. The number of hydrogen-bond acceptors (Lipinski definition) is 3. The predicted molar refractivity (Wildman–Crippen MR) is 76.3 cm³/mol. The van der Waals surface area contributed by atoms with Crippen LogP contribution in [0.1, 0.15) is 13.3 Å². The van der Waals surface area contributed by atoms with E-state index in [9.17, 15) is 0 Å². The summed E-state index contributed by atoms with van der Waals surface area (Å²) in [7, 11) is 0. The molecule has 1 N–H and O–H groups in total. The van der Waals surface area contributed by atoms with Gasteiger partial charge in [-0.05, 0) is 24.6 Å². The van der Waals surface area contributed by atoms with Crippen molar-refractivity contribution < 1.29 is 0 Å². The second-order valence-corrected chi connectivity index (χ2v) is 4.68. The van der Waals surface area contributed by atoms with Gasteiger partial charge in [-0.1, -0.05) is 30.1 Å². The van der Waals surface area contributed by atoms with E-state index >= 15 is 0 Å². The Hall–Kier alpha value is -1.32. The van der Waals surface area contributed by atoms with Gasteiger partial charge in [-0.2, -0.15) is 0 Å². The summed E-state index contributed by atoms with van der Waals surface area (Å²) in [5, 5.41) is 4.41. The third-order valence-corrected chi connectivity index (χ3v) is 2.98. The maximum atomic E-state index is 6.16. The van der Waals surface area contributed by atoms with E-state index in [0.29, 0.717) is 10.0 Å². The Kier molecular flexibility index (Phi) is 4.39. The molecule has 1 aromatic heterocycles. The van der Waals surface area contributed by atoms with Crippen LogP contribution in [0.2, 0.25) is 10.0 Å². The van der Waals surface area contributed by atoms with Crippen molar-refractivity contribution in [3.8, 4) is 11.3 Å². The fourth-order valence-electron chi connectivity index (χ4n) is 1.55. The van der Waals surface area contributed by atoms with Gasteiger partial charge in [0.1, 0.15) is 12.1 Å². The Morgan fingerprint density at radius 2 is 2.00 bits per heavy atom. The van der Waals surface area contributed by atoms with Crippen LogP contribution in [0.15, 0.2) is 30.6 Å². The SMILES string of the molecule is CCCNc1cc(-c2ccc(Cl)cc2Cl)ncn1. The number of anilines is 1. The highest BCUT2D eigenvalue weighted by Gasteiger charge is 2.06. The molecule has 0 radical (unpaired) electrons. The van der Waals surface area contributed by atoms with Crippen LogP contribution >= 0.6 is 23.2 Å². The summed E-state index contributed by atoms with van der Waals surface area (Å²) in [5.41, 5.74) is 1.63. The fraction of sp³-hybridized carbons (Fsp3) is 0.231. The summed E-state index contributed by atoms with van der Waals surface area (Å²) in [5.74, 6) is 0.799. The van der Waals surface area contributed by atoms with E-state index in [4.69, 9.17) is 23.2 Å². The molecule has 94 valence electrons. The molecule has 3 nitrogen and oxygen atoms in total. The summed E-state index contributed by atoms with van der Waals surface area (Å²) in [6, 6.07) is 7.24. The van der Waals surface area contributed by atoms with Crippen molar-refractivity contribution in [2.24, 2.45) is 0 Å². The lowest BCUT2D eigenvalue weighted by molar-refractivity contribution is 0.965. The van der Waals surface area contributed by atoms with Gasteiger partial charge in [0, 0.05) is 23.2 Å². The van der Waals surface area contributed by atoms with Crippen molar-refractivity contribution >= 4 is 29.0 Å². The fourth-order valence-corrected chi connectivity index (χ4v) is 2.06. The standard InChI is InChI=1S/C13H13Cl2N3/c1-2-5-16-13-7-12(17-8-18-13)10-4-3-9(14)6-11(10)15/h3-4,6-8H,2,5H2,1H3,(H,16,17,18). The third-order valence-electron chi connectivity index (χ3n) is 2.43. The molecule has 1 heterocycles. The van der Waals surface area contributed by atoms with Gasteiger partial charge < -0.3 is 5.32 Å². The molecule has 0 saturated heterocycles. The Bertz CT molecular complexity index is 544. The first-order valence-corrected chi connectivity index (χ1v) is 6.47. The third kappa shape index (κ3) is 3.12. The molecule has 0 fully saturated rings. The first kappa shape index (κ1) is 13.1. The van der Waals surface area contributed by atoms with Crippen LogP contribution in [0.25, 0.3) is 11.3 Å². The summed E-state index contributed by atoms with van der Waals surface area (Å²) in [6.07, 6.45) is 2.57. The van der Waals surface area contributed by atoms with Gasteiger partial charge in [-0.15, -0.1) is 0 Å². The minimum atomic E-state index is 0.586. The highest BCUT2D eigenvalue weighted by Crippen LogP contribution is 2.29. The van der Waals surface area contributed by atoms with Crippen LogP contribution in [0, 0.1) is 0 Å². The lowest BCUT2D eigenvalue weighted by Gasteiger charge is -2.07. The minimum absolute atomic E-state index is 0.586. The van der Waals surface area contributed by atoms with Crippen LogP contribution in [-0.4, -0.2) is 16.5 Å². The van der Waals surface area contributed by atoms with E-state index in [1.165, 1.54) is 6.33 Å². The molecule has 0 saturated carbocycles. The van der Waals surface area contributed by atoms with E-state index in [0.717, 1.165) is 30.0 Å². The van der Waals surface area contributed by atoms with Crippen LogP contribution in [-0.2, 0) is 0 Å². The molecular weight excluding hydrogens is 269 g/mol. The molecule has 0 spiro atoms. The number of benzene rings is 1. The van der Waals surface area contributed by atoms with E-state index in [1.54, 1.807) is 12.1 Å². The Labute approximate surface area is 116 Å². The number of halogens is 2. The summed E-state index contributed by atoms with van der Waals surface area (Å²) < 4.78 is 0. The number of aromatic nitrogens is 2. The lowest BCUT2D eigenvalue weighted by Crippen LogP contribution is -2.02. The van der Waals surface area contributed by atoms with Crippen LogP contribution < -0.4 is 5.32 Å². The zero-order valence-electron chi connectivity index (χ0n) is 9.95. The van der Waals surface area contributed by atoms with Gasteiger partial charge in [0.2, 0.25) is 0 Å². The number of rotatable bonds is 4. The normalized spacial score (nSPS) is 10.4. The van der Waals surface area contributed by atoms with Crippen molar-refractivity contribution in [1.82, 2.24) is 9.97 Å². The Balaban J connectivity index is 2.32. The average Bonchev–Trinajstić information content (AvgIpc) is 2.36. The Morgan fingerprint density at radius 1 is 1.17 bits per heavy atom. The second kappa shape index (κ2) is 6.03. The lowest BCUT2D eigenvalue weighted by atomic mass is 10.1. The van der Waals surface area contributed by atoms with Crippen LogP contribution in [0.3, 0.4) is 0 Å². The first-order chi connectivity index (χ1) is 8.70. The average molecular weight is 282 g/mol. The van der Waals surface area contributed by atoms with Crippen molar-refractivity contribution in [2.75, 3.05) is 11.9 Å². The van der Waals surface area contributed by atoms with Crippen molar-refractivity contribution in [3.63, 3.8) is 0 Å². The summed E-state index contributed by atoms with van der Waals surface area (Å²) in [6.45, 7) is 2.98. The van der Waals surface area contributed by atoms with E-state index in [1.807, 2.05) is 12.1 Å². The maximum absolute atomic E-state index is 6.16. The summed E-state index contributed by atoms with van der Waals surface area (Å²) >= 11 is 12.0. The molecule has 2 rings (SSSR count). The predicted octanol–water partition coefficient (Wildman–Crippen LogP) is 4.27. The Morgan fingerprint density at radius 3 is 2.72 bits per heavy atom. The molecule has 0 atom stereocenters. The zero-order valence-corrected chi connectivity index (χ0v) is 11.5. The second-order valence-electron chi connectivity index (χ2n) is 3.84. The number of nitrogens with one attached hydrogen (secondary N) is 1. The smallest absolute Gasteiger partial charge is 0.129 e. The van der Waals surface area contributed by atoms with Gasteiger partial charge >= 0.3 is 0 Å². The maximum Gasteiger partial charge on any atom is 0.129 e. The number of nitrogens with zero attached hydrogens (tertiary/aromatic N) is 2. The molecule has 0 aliphatic rings. The molecule has 18 heavy (non-hydrogen) atoms. The molecule has 0 amide bonds. The minimum Gasteiger partial charge on any atom is -0.370 e. The van der Waals surface area contributed by atoms with Crippen LogP contribution in [0.4, 0.5) is 5.82 Å². The molecule has 0 bridgehead atoms. The molecule has 2 aromatic rings. The van der Waals surface area contributed by atoms with E-state index in [-0.39, 0.29) is 0 Å². The molecular formula is C13H13Cl2N3. The first-order valence-electron chi connectivity index (χ1n) is 5.72. The van der Waals surface area contributed by atoms with Crippen molar-refractivity contribution in [1.29, 1.82) is 0 Å².